The van der Waals surface area contributed by atoms with Crippen LogP contribution in [0.1, 0.15) is 0 Å². The molecule has 0 unspecified atom stereocenters. The van der Waals surface area contributed by atoms with Crippen molar-refractivity contribution >= 4 is 32.3 Å². The summed E-state index contributed by atoms with van der Waals surface area (Å²) in [5.74, 6) is 1.05. The first-order chi connectivity index (χ1) is 12.4. The Balaban J connectivity index is 2.05. The number of hydrogen-bond acceptors (Lipinski definition) is 6. The monoisotopic (exact) mass is 377 g/mol. The van der Waals surface area contributed by atoms with E-state index in [0.29, 0.717) is 33.8 Å². The van der Waals surface area contributed by atoms with E-state index in [1.807, 2.05) is 0 Å². The van der Waals surface area contributed by atoms with E-state index < -0.39 is 10.0 Å². The molecular weight excluding hydrogens is 358 g/mol. The van der Waals surface area contributed by atoms with E-state index in [1.54, 1.807) is 18.2 Å². The quantitative estimate of drug-likeness (QED) is 0.569. The molecule has 0 saturated carbocycles. The maximum atomic E-state index is 12.9. The molecule has 8 nitrogen and oxygen atoms in total. The van der Waals surface area contributed by atoms with Gasteiger partial charge >= 0.3 is 0 Å². The highest BCUT2D eigenvalue weighted by Gasteiger charge is 2.21. The minimum absolute atomic E-state index is 0.0913. The number of benzene rings is 2. The molecule has 3 aromatic rings. The summed E-state index contributed by atoms with van der Waals surface area (Å²) in [6.07, 6.45) is 1.42. The Morgan fingerprint density at radius 2 is 1.65 bits per heavy atom. The van der Waals surface area contributed by atoms with Crippen molar-refractivity contribution in [3.63, 3.8) is 0 Å². The van der Waals surface area contributed by atoms with Gasteiger partial charge in [0.05, 0.1) is 27.0 Å². The fourth-order valence-corrected chi connectivity index (χ4v) is 3.90. The fourth-order valence-electron chi connectivity index (χ4n) is 2.69. The van der Waals surface area contributed by atoms with Gasteiger partial charge in [-0.3, -0.25) is 4.72 Å². The lowest BCUT2D eigenvalue weighted by atomic mass is 10.2. The van der Waals surface area contributed by atoms with Gasteiger partial charge in [-0.15, -0.1) is 0 Å². The molecule has 0 aliphatic heterocycles. The van der Waals surface area contributed by atoms with Crippen LogP contribution in [0.4, 0.5) is 11.4 Å². The molecule has 0 bridgehead atoms. The predicted octanol–water partition coefficient (Wildman–Crippen LogP) is 2.58. The van der Waals surface area contributed by atoms with E-state index in [1.165, 1.54) is 39.7 Å². The van der Waals surface area contributed by atoms with Gasteiger partial charge < -0.3 is 24.9 Å². The lowest BCUT2D eigenvalue weighted by Crippen LogP contribution is -2.13. The fraction of sp³-hybridized carbons (Fsp3) is 0.176. The standard InChI is InChI=1S/C17H19N3O5S/c1-23-14-7-11(8-15(24-2)17(14)25-3)20-26(21,22)16-9-19-13-5-4-10(18)6-12(13)16/h4-9,19-20H,18H2,1-3H3. The van der Waals surface area contributed by atoms with Crippen LogP contribution in [0.25, 0.3) is 10.9 Å². The lowest BCUT2D eigenvalue weighted by Gasteiger charge is -2.15. The van der Waals surface area contributed by atoms with Gasteiger partial charge in [-0.2, -0.15) is 0 Å². The molecule has 0 aliphatic rings. The molecule has 0 atom stereocenters. The molecule has 0 amide bonds. The maximum absolute atomic E-state index is 12.9. The number of nitrogens with two attached hydrogens (primary N) is 1. The summed E-state index contributed by atoms with van der Waals surface area (Å²) >= 11 is 0. The second kappa shape index (κ2) is 6.68. The van der Waals surface area contributed by atoms with Crippen molar-refractivity contribution in [2.24, 2.45) is 0 Å². The molecule has 0 saturated heterocycles. The maximum Gasteiger partial charge on any atom is 0.264 e. The number of nitrogen functional groups attached to an aromatic ring is 1. The third-order valence-corrected chi connectivity index (χ3v) is 5.30. The van der Waals surface area contributed by atoms with E-state index in [-0.39, 0.29) is 10.6 Å². The number of rotatable bonds is 6. The van der Waals surface area contributed by atoms with Gasteiger partial charge in [-0.05, 0) is 18.2 Å². The number of hydrogen-bond donors (Lipinski definition) is 3. The number of methoxy groups -OCH3 is 3. The molecule has 0 radical (unpaired) electrons. The summed E-state index contributed by atoms with van der Waals surface area (Å²) < 4.78 is 44.0. The number of aromatic amines is 1. The molecule has 0 aliphatic carbocycles. The zero-order chi connectivity index (χ0) is 18.9. The zero-order valence-electron chi connectivity index (χ0n) is 14.5. The van der Waals surface area contributed by atoms with Crippen molar-refractivity contribution in [2.45, 2.75) is 4.90 Å². The number of nitrogens with one attached hydrogen (secondary N) is 2. The van der Waals surface area contributed by atoms with Crippen LogP contribution in [0.15, 0.2) is 41.4 Å². The Morgan fingerprint density at radius 3 is 2.23 bits per heavy atom. The van der Waals surface area contributed by atoms with Crippen molar-refractivity contribution in [1.82, 2.24) is 4.98 Å². The molecule has 3 rings (SSSR count). The van der Waals surface area contributed by atoms with Crippen LogP contribution in [-0.2, 0) is 10.0 Å². The normalized spacial score (nSPS) is 11.3. The van der Waals surface area contributed by atoms with Crippen LogP contribution in [0, 0.1) is 0 Å². The second-order valence-corrected chi connectivity index (χ2v) is 7.13. The molecule has 4 N–H and O–H groups in total. The first kappa shape index (κ1) is 17.7. The molecule has 0 spiro atoms. The molecule has 138 valence electrons. The Hall–Kier alpha value is -3.07. The van der Waals surface area contributed by atoms with Crippen molar-refractivity contribution < 1.29 is 22.6 Å². The van der Waals surface area contributed by atoms with Crippen molar-refractivity contribution in [3.8, 4) is 17.2 Å². The van der Waals surface area contributed by atoms with E-state index in [4.69, 9.17) is 19.9 Å². The first-order valence-corrected chi connectivity index (χ1v) is 9.07. The van der Waals surface area contributed by atoms with Gasteiger partial charge in [-0.1, -0.05) is 0 Å². The van der Waals surface area contributed by atoms with Crippen LogP contribution in [0.2, 0.25) is 0 Å². The highest BCUT2D eigenvalue weighted by molar-refractivity contribution is 7.93. The number of anilines is 2. The molecular formula is C17H19N3O5S. The van der Waals surface area contributed by atoms with Gasteiger partial charge in [0.2, 0.25) is 5.75 Å². The minimum atomic E-state index is -3.87. The number of sulfonamides is 1. The predicted molar refractivity (Wildman–Crippen MR) is 99.6 cm³/mol. The summed E-state index contributed by atoms with van der Waals surface area (Å²) in [5.41, 5.74) is 7.20. The highest BCUT2D eigenvalue weighted by atomic mass is 32.2. The summed E-state index contributed by atoms with van der Waals surface area (Å²) in [6.45, 7) is 0. The van der Waals surface area contributed by atoms with Gasteiger partial charge in [0.25, 0.3) is 10.0 Å². The number of H-pyrrole nitrogens is 1. The van der Waals surface area contributed by atoms with Crippen LogP contribution in [-0.4, -0.2) is 34.7 Å². The molecule has 0 fully saturated rings. The lowest BCUT2D eigenvalue weighted by molar-refractivity contribution is 0.325. The Kier molecular flexibility index (Phi) is 4.56. The van der Waals surface area contributed by atoms with Gasteiger partial charge in [0.15, 0.2) is 11.5 Å². The van der Waals surface area contributed by atoms with E-state index in [0.717, 1.165) is 0 Å². The topological polar surface area (TPSA) is 116 Å². The van der Waals surface area contributed by atoms with Crippen LogP contribution >= 0.6 is 0 Å². The summed E-state index contributed by atoms with van der Waals surface area (Å²) in [5, 5.41) is 0.505. The third-order valence-electron chi connectivity index (χ3n) is 3.87. The average molecular weight is 377 g/mol. The number of fused-ring (bicyclic) bond motifs is 1. The average Bonchev–Trinajstić information content (AvgIpc) is 3.04. The highest BCUT2D eigenvalue weighted by Crippen LogP contribution is 2.40. The number of ether oxygens (including phenoxy) is 3. The Labute approximate surface area is 150 Å². The van der Waals surface area contributed by atoms with Gasteiger partial charge in [-0.25, -0.2) is 8.42 Å². The van der Waals surface area contributed by atoms with E-state index in [2.05, 4.69) is 9.71 Å². The van der Waals surface area contributed by atoms with Crippen molar-refractivity contribution in [3.05, 3.63) is 36.5 Å². The minimum Gasteiger partial charge on any atom is -0.493 e. The Morgan fingerprint density at radius 1 is 1.00 bits per heavy atom. The zero-order valence-corrected chi connectivity index (χ0v) is 15.3. The first-order valence-electron chi connectivity index (χ1n) is 7.59. The van der Waals surface area contributed by atoms with Crippen LogP contribution in [0.3, 0.4) is 0 Å². The molecule has 1 aromatic heterocycles. The van der Waals surface area contributed by atoms with E-state index in [9.17, 15) is 8.42 Å². The Bertz CT molecular complexity index is 1030. The van der Waals surface area contributed by atoms with Crippen molar-refractivity contribution in [1.29, 1.82) is 0 Å². The molecule has 26 heavy (non-hydrogen) atoms. The van der Waals surface area contributed by atoms with Gasteiger partial charge in [0, 0.05) is 34.9 Å². The van der Waals surface area contributed by atoms with E-state index >= 15 is 0 Å². The molecule has 1 heterocycles. The number of aromatic nitrogens is 1. The van der Waals surface area contributed by atoms with Crippen molar-refractivity contribution in [2.75, 3.05) is 31.8 Å². The van der Waals surface area contributed by atoms with Crippen LogP contribution in [0.5, 0.6) is 17.2 Å². The summed E-state index contributed by atoms with van der Waals surface area (Å²) in [6, 6.07) is 8.06. The largest absolute Gasteiger partial charge is 0.493 e. The second-order valence-electron chi connectivity index (χ2n) is 5.48. The SMILES string of the molecule is COc1cc(NS(=O)(=O)c2c[nH]c3ccc(N)cc23)cc(OC)c1OC. The molecule has 9 heteroatoms. The third kappa shape index (κ3) is 3.08. The summed E-state index contributed by atoms with van der Waals surface area (Å²) in [7, 11) is 0.514. The smallest absolute Gasteiger partial charge is 0.264 e. The summed E-state index contributed by atoms with van der Waals surface area (Å²) in [4.78, 5) is 3.02. The molecule has 2 aromatic carbocycles. The van der Waals surface area contributed by atoms with Crippen LogP contribution < -0.4 is 24.7 Å². The van der Waals surface area contributed by atoms with Gasteiger partial charge in [0.1, 0.15) is 4.90 Å².